The third-order valence-corrected chi connectivity index (χ3v) is 3.52. The highest BCUT2D eigenvalue weighted by molar-refractivity contribution is 5.69. The number of allylic oxidation sites excluding steroid dienone is 6. The number of esters is 1. The van der Waals surface area contributed by atoms with Gasteiger partial charge in [0.25, 0.3) is 0 Å². The number of cyclic esters (lactones) is 1. The molecule has 0 amide bonds. The van der Waals surface area contributed by atoms with Crippen LogP contribution in [0, 0.1) is 0 Å². The second kappa shape index (κ2) is 11.5. The van der Waals surface area contributed by atoms with Crippen LogP contribution in [0.5, 0.6) is 0 Å². The zero-order chi connectivity index (χ0) is 14.5. The summed E-state index contributed by atoms with van der Waals surface area (Å²) in [5.74, 6) is -0.0232. The number of hydrogen-bond acceptors (Lipinski definition) is 2. The highest BCUT2D eigenvalue weighted by Gasteiger charge is 2.11. The van der Waals surface area contributed by atoms with E-state index in [-0.39, 0.29) is 12.1 Å². The molecule has 0 fully saturated rings. The van der Waals surface area contributed by atoms with E-state index in [0.29, 0.717) is 6.42 Å². The molecule has 0 aromatic carbocycles. The molecule has 0 N–H and O–H groups in total. The molecule has 1 rings (SSSR count). The molecule has 0 saturated heterocycles. The Bertz CT molecular complexity index is 339. The van der Waals surface area contributed by atoms with Crippen molar-refractivity contribution in [1.29, 1.82) is 0 Å². The van der Waals surface area contributed by atoms with E-state index in [1.165, 1.54) is 12.8 Å². The van der Waals surface area contributed by atoms with Crippen molar-refractivity contribution in [3.8, 4) is 0 Å². The van der Waals surface area contributed by atoms with Crippen LogP contribution in [0.25, 0.3) is 0 Å². The number of ether oxygens (including phenoxy) is 1. The summed E-state index contributed by atoms with van der Waals surface area (Å²) >= 11 is 0. The SMILES string of the molecule is CCC1CC\C=C/C=C/C=C/CCCCCCC(=O)O1. The average Bonchev–Trinajstić information content (AvgIpc) is 2.45. The minimum Gasteiger partial charge on any atom is -0.462 e. The van der Waals surface area contributed by atoms with Crippen molar-refractivity contribution in [2.24, 2.45) is 0 Å². The molecule has 0 saturated carbocycles. The van der Waals surface area contributed by atoms with Crippen molar-refractivity contribution < 1.29 is 9.53 Å². The maximum Gasteiger partial charge on any atom is 0.306 e. The Kier molecular flexibility index (Phi) is 9.64. The first-order valence-corrected chi connectivity index (χ1v) is 8.00. The predicted molar refractivity (Wildman–Crippen MR) is 84.5 cm³/mol. The Morgan fingerprint density at radius 3 is 2.45 bits per heavy atom. The van der Waals surface area contributed by atoms with Crippen molar-refractivity contribution >= 4 is 5.97 Å². The zero-order valence-corrected chi connectivity index (χ0v) is 12.7. The molecule has 1 atom stereocenters. The largest absolute Gasteiger partial charge is 0.462 e. The molecule has 1 unspecified atom stereocenters. The molecule has 1 aliphatic heterocycles. The van der Waals surface area contributed by atoms with E-state index in [9.17, 15) is 4.79 Å². The summed E-state index contributed by atoms with van der Waals surface area (Å²) in [7, 11) is 0. The third kappa shape index (κ3) is 8.73. The quantitative estimate of drug-likeness (QED) is 0.622. The van der Waals surface area contributed by atoms with Crippen LogP contribution in [0.2, 0.25) is 0 Å². The van der Waals surface area contributed by atoms with Crippen LogP contribution in [0.3, 0.4) is 0 Å². The first kappa shape index (κ1) is 16.7. The first-order chi connectivity index (χ1) is 9.83. The molecular formula is C18H28O2. The topological polar surface area (TPSA) is 26.3 Å². The summed E-state index contributed by atoms with van der Waals surface area (Å²) in [4.78, 5) is 11.7. The van der Waals surface area contributed by atoms with Gasteiger partial charge < -0.3 is 4.74 Å². The number of carbonyl (C=O) groups is 1. The summed E-state index contributed by atoms with van der Waals surface area (Å²) < 4.78 is 5.52. The minimum absolute atomic E-state index is 0.0232. The number of carbonyl (C=O) groups excluding carboxylic acids is 1. The van der Waals surface area contributed by atoms with Gasteiger partial charge in [0.05, 0.1) is 0 Å². The second-order valence-electron chi connectivity index (χ2n) is 5.29. The zero-order valence-electron chi connectivity index (χ0n) is 12.7. The Morgan fingerprint density at radius 2 is 1.70 bits per heavy atom. The molecule has 0 bridgehead atoms. The van der Waals surface area contributed by atoms with Crippen LogP contribution in [-0.4, -0.2) is 12.1 Å². The molecule has 0 aliphatic carbocycles. The van der Waals surface area contributed by atoms with Gasteiger partial charge in [-0.15, -0.1) is 0 Å². The second-order valence-corrected chi connectivity index (χ2v) is 5.29. The smallest absolute Gasteiger partial charge is 0.306 e. The highest BCUT2D eigenvalue weighted by atomic mass is 16.5. The Labute approximate surface area is 123 Å². The van der Waals surface area contributed by atoms with E-state index in [2.05, 4.69) is 43.4 Å². The molecular weight excluding hydrogens is 248 g/mol. The summed E-state index contributed by atoms with van der Waals surface area (Å²) in [5.41, 5.74) is 0. The van der Waals surface area contributed by atoms with E-state index >= 15 is 0 Å². The van der Waals surface area contributed by atoms with E-state index < -0.39 is 0 Å². The van der Waals surface area contributed by atoms with Crippen LogP contribution >= 0.6 is 0 Å². The van der Waals surface area contributed by atoms with E-state index in [4.69, 9.17) is 4.74 Å². The average molecular weight is 276 g/mol. The van der Waals surface area contributed by atoms with Gasteiger partial charge in [-0.1, -0.05) is 56.2 Å². The van der Waals surface area contributed by atoms with Crippen molar-refractivity contribution in [3.05, 3.63) is 36.5 Å². The molecule has 0 aromatic rings. The predicted octanol–water partition coefficient (Wildman–Crippen LogP) is 5.11. The van der Waals surface area contributed by atoms with Crippen molar-refractivity contribution in [2.45, 2.75) is 70.8 Å². The lowest BCUT2D eigenvalue weighted by atomic mass is 10.1. The van der Waals surface area contributed by atoms with Crippen LogP contribution in [0.15, 0.2) is 36.5 Å². The maximum absolute atomic E-state index is 11.7. The van der Waals surface area contributed by atoms with E-state index in [1.807, 2.05) is 0 Å². The minimum atomic E-state index is -0.0232. The van der Waals surface area contributed by atoms with Gasteiger partial charge in [0.1, 0.15) is 6.10 Å². The normalized spacial score (nSPS) is 28.1. The summed E-state index contributed by atoms with van der Waals surface area (Å²) in [5, 5.41) is 0. The van der Waals surface area contributed by atoms with Crippen LogP contribution in [0.1, 0.15) is 64.7 Å². The molecule has 112 valence electrons. The number of hydrogen-bond donors (Lipinski definition) is 0. The van der Waals surface area contributed by atoms with Gasteiger partial charge in [-0.25, -0.2) is 0 Å². The van der Waals surface area contributed by atoms with Gasteiger partial charge in [-0.3, -0.25) is 4.79 Å². The van der Waals surface area contributed by atoms with Crippen LogP contribution in [-0.2, 0) is 9.53 Å². The molecule has 0 radical (unpaired) electrons. The fourth-order valence-corrected chi connectivity index (χ4v) is 2.24. The molecule has 2 nitrogen and oxygen atoms in total. The van der Waals surface area contributed by atoms with E-state index in [0.717, 1.165) is 38.5 Å². The monoisotopic (exact) mass is 276 g/mol. The van der Waals surface area contributed by atoms with Crippen molar-refractivity contribution in [2.75, 3.05) is 0 Å². The third-order valence-electron chi connectivity index (χ3n) is 3.52. The first-order valence-electron chi connectivity index (χ1n) is 8.00. The fraction of sp³-hybridized carbons (Fsp3) is 0.611. The number of rotatable bonds is 1. The molecule has 1 heterocycles. The van der Waals surface area contributed by atoms with Crippen molar-refractivity contribution in [1.82, 2.24) is 0 Å². The summed E-state index contributed by atoms with van der Waals surface area (Å²) in [6.07, 6.45) is 21.7. The lowest BCUT2D eigenvalue weighted by Crippen LogP contribution is -2.17. The standard InChI is InChI=1S/C18H28O2/c1-2-17-15-13-11-9-7-5-3-4-6-8-10-12-14-16-18(19)20-17/h3-5,7,9,11,17H,2,6,8,10,12-16H2,1H3/b4-3+,7-5+,11-9-. The molecule has 0 spiro atoms. The van der Waals surface area contributed by atoms with Crippen molar-refractivity contribution in [3.63, 3.8) is 0 Å². The lowest BCUT2D eigenvalue weighted by Gasteiger charge is -2.15. The molecule has 2 heteroatoms. The Balaban J connectivity index is 2.46. The summed E-state index contributed by atoms with van der Waals surface area (Å²) in [6.45, 7) is 2.08. The van der Waals surface area contributed by atoms with Gasteiger partial charge >= 0.3 is 5.97 Å². The summed E-state index contributed by atoms with van der Waals surface area (Å²) in [6, 6.07) is 0. The van der Waals surface area contributed by atoms with Crippen LogP contribution in [0.4, 0.5) is 0 Å². The lowest BCUT2D eigenvalue weighted by molar-refractivity contribution is -0.149. The molecule has 0 aromatic heterocycles. The van der Waals surface area contributed by atoms with E-state index in [1.54, 1.807) is 0 Å². The fourth-order valence-electron chi connectivity index (χ4n) is 2.24. The Hall–Kier alpha value is -1.31. The maximum atomic E-state index is 11.7. The van der Waals surface area contributed by atoms with Gasteiger partial charge in [-0.2, -0.15) is 0 Å². The molecule has 1 aliphatic rings. The Morgan fingerprint density at radius 1 is 1.00 bits per heavy atom. The van der Waals surface area contributed by atoms with Gasteiger partial charge in [0.15, 0.2) is 0 Å². The highest BCUT2D eigenvalue weighted by Crippen LogP contribution is 2.12. The van der Waals surface area contributed by atoms with Gasteiger partial charge in [0, 0.05) is 6.42 Å². The van der Waals surface area contributed by atoms with Gasteiger partial charge in [-0.05, 0) is 38.5 Å². The molecule has 20 heavy (non-hydrogen) atoms. The van der Waals surface area contributed by atoms with Crippen LogP contribution < -0.4 is 0 Å². The van der Waals surface area contributed by atoms with Gasteiger partial charge in [0.2, 0.25) is 0 Å².